The third kappa shape index (κ3) is 3.44. The predicted molar refractivity (Wildman–Crippen MR) is 64.0 cm³/mol. The van der Waals surface area contributed by atoms with E-state index >= 15 is 0 Å². The minimum atomic E-state index is 0.616. The van der Waals surface area contributed by atoms with Gasteiger partial charge in [-0.3, -0.25) is 0 Å². The summed E-state index contributed by atoms with van der Waals surface area (Å²) in [5.41, 5.74) is 0. The maximum atomic E-state index is 4.98. The molecule has 90 valence electrons. The van der Waals surface area contributed by atoms with Gasteiger partial charge in [0, 0.05) is 25.4 Å². The van der Waals surface area contributed by atoms with Crippen molar-refractivity contribution in [2.45, 2.75) is 12.8 Å². The van der Waals surface area contributed by atoms with Gasteiger partial charge in [-0.1, -0.05) is 0 Å². The van der Waals surface area contributed by atoms with Gasteiger partial charge in [-0.15, -0.1) is 0 Å². The molecular weight excluding hydrogens is 218 g/mol. The van der Waals surface area contributed by atoms with Crippen molar-refractivity contribution in [2.75, 3.05) is 19.0 Å². The Balaban J connectivity index is 1.70. The van der Waals surface area contributed by atoms with E-state index in [4.69, 9.17) is 4.74 Å². The van der Waals surface area contributed by atoms with Crippen LogP contribution in [0.3, 0.4) is 0 Å². The van der Waals surface area contributed by atoms with Gasteiger partial charge >= 0.3 is 0 Å². The predicted octanol–water partition coefficient (Wildman–Crippen LogP) is 1.25. The minimum absolute atomic E-state index is 0.616. The average Bonchev–Trinajstić information content (AvgIpc) is 2.88. The molecule has 2 N–H and O–H groups in total. The highest BCUT2D eigenvalue weighted by atomic mass is 16.5. The third-order valence-corrected chi connectivity index (χ3v) is 2.29. The highest BCUT2D eigenvalue weighted by molar-refractivity contribution is 5.26. The van der Waals surface area contributed by atoms with E-state index in [0.717, 1.165) is 25.2 Å². The second-order valence-corrected chi connectivity index (χ2v) is 3.51. The zero-order chi connectivity index (χ0) is 11.9. The summed E-state index contributed by atoms with van der Waals surface area (Å²) < 4.78 is 4.98. The molecule has 0 radical (unpaired) electrons. The second-order valence-electron chi connectivity index (χ2n) is 3.51. The molecule has 0 aliphatic rings. The summed E-state index contributed by atoms with van der Waals surface area (Å²) in [5, 5.41) is 3.14. The zero-order valence-corrected chi connectivity index (χ0v) is 9.68. The van der Waals surface area contributed by atoms with Gasteiger partial charge in [-0.25, -0.2) is 15.0 Å². The molecule has 0 aliphatic carbocycles. The first-order valence-electron chi connectivity index (χ1n) is 5.46. The van der Waals surface area contributed by atoms with Crippen LogP contribution in [0.1, 0.15) is 12.2 Å². The number of nitrogens with zero attached hydrogens (tertiary/aromatic N) is 3. The molecule has 0 fully saturated rings. The summed E-state index contributed by atoms with van der Waals surface area (Å²) in [4.78, 5) is 15.4. The van der Waals surface area contributed by atoms with E-state index in [1.165, 1.54) is 0 Å². The quantitative estimate of drug-likeness (QED) is 0.734. The van der Waals surface area contributed by atoms with Crippen molar-refractivity contribution in [3.05, 3.63) is 30.6 Å². The van der Waals surface area contributed by atoms with Gasteiger partial charge in [0.15, 0.2) is 5.75 Å². The number of aryl methyl sites for hydroxylation is 1. The SMILES string of the molecule is COc1cnc(NCCCc2ncc[nH]2)nc1. The number of ether oxygens (including phenoxy) is 1. The molecule has 17 heavy (non-hydrogen) atoms. The molecule has 0 saturated carbocycles. The van der Waals surface area contributed by atoms with Crippen LogP contribution < -0.4 is 10.1 Å². The molecule has 6 nitrogen and oxygen atoms in total. The minimum Gasteiger partial charge on any atom is -0.494 e. The molecule has 2 rings (SSSR count). The Kier molecular flexibility index (Phi) is 3.90. The highest BCUT2D eigenvalue weighted by Crippen LogP contribution is 2.07. The first kappa shape index (κ1) is 11.4. The van der Waals surface area contributed by atoms with E-state index < -0.39 is 0 Å². The first-order valence-corrected chi connectivity index (χ1v) is 5.46. The van der Waals surface area contributed by atoms with Gasteiger partial charge in [0.2, 0.25) is 5.95 Å². The van der Waals surface area contributed by atoms with Gasteiger partial charge in [0.25, 0.3) is 0 Å². The molecule has 0 amide bonds. The third-order valence-electron chi connectivity index (χ3n) is 2.29. The summed E-state index contributed by atoms with van der Waals surface area (Å²) in [6, 6.07) is 0. The number of anilines is 1. The van der Waals surface area contributed by atoms with Crippen LogP contribution in [-0.4, -0.2) is 33.6 Å². The van der Waals surface area contributed by atoms with Crippen LogP contribution in [0.2, 0.25) is 0 Å². The summed E-state index contributed by atoms with van der Waals surface area (Å²) in [7, 11) is 1.59. The molecule has 2 heterocycles. The number of nitrogens with one attached hydrogen (secondary N) is 2. The molecule has 0 saturated heterocycles. The van der Waals surface area contributed by atoms with Crippen molar-refractivity contribution in [3.8, 4) is 5.75 Å². The molecule has 6 heteroatoms. The van der Waals surface area contributed by atoms with Crippen LogP contribution in [0.25, 0.3) is 0 Å². The number of hydrogen-bond donors (Lipinski definition) is 2. The molecule has 0 bridgehead atoms. The maximum absolute atomic E-state index is 4.98. The second kappa shape index (κ2) is 5.83. The fourth-order valence-corrected chi connectivity index (χ4v) is 1.40. The van der Waals surface area contributed by atoms with Crippen LogP contribution >= 0.6 is 0 Å². The Hall–Kier alpha value is -2.11. The highest BCUT2D eigenvalue weighted by Gasteiger charge is 1.98. The van der Waals surface area contributed by atoms with E-state index in [0.29, 0.717) is 11.7 Å². The number of imidazole rings is 1. The van der Waals surface area contributed by atoms with Gasteiger partial charge in [-0.05, 0) is 6.42 Å². The number of methoxy groups -OCH3 is 1. The van der Waals surface area contributed by atoms with E-state index in [-0.39, 0.29) is 0 Å². The molecule has 0 aromatic carbocycles. The normalized spacial score (nSPS) is 10.2. The van der Waals surface area contributed by atoms with Crippen LogP contribution in [0.5, 0.6) is 5.75 Å². The number of aromatic nitrogens is 4. The van der Waals surface area contributed by atoms with Crippen molar-refractivity contribution in [1.82, 2.24) is 19.9 Å². The smallest absolute Gasteiger partial charge is 0.222 e. The maximum Gasteiger partial charge on any atom is 0.222 e. The number of aromatic amines is 1. The Morgan fingerprint density at radius 2 is 2.12 bits per heavy atom. The summed E-state index contributed by atoms with van der Waals surface area (Å²) in [5.74, 6) is 2.28. The van der Waals surface area contributed by atoms with Crippen molar-refractivity contribution in [1.29, 1.82) is 0 Å². The van der Waals surface area contributed by atoms with Crippen molar-refractivity contribution >= 4 is 5.95 Å². The topological polar surface area (TPSA) is 75.7 Å². The lowest BCUT2D eigenvalue weighted by atomic mass is 10.3. The van der Waals surface area contributed by atoms with Gasteiger partial charge in [0.1, 0.15) is 5.82 Å². The summed E-state index contributed by atoms with van der Waals surface area (Å²) >= 11 is 0. The first-order chi connectivity index (χ1) is 8.38. The zero-order valence-electron chi connectivity index (χ0n) is 9.68. The molecule has 2 aromatic heterocycles. The van der Waals surface area contributed by atoms with E-state index in [1.807, 2.05) is 6.20 Å². The lowest BCUT2D eigenvalue weighted by molar-refractivity contribution is 0.411. The van der Waals surface area contributed by atoms with Gasteiger partial charge in [0.05, 0.1) is 19.5 Å². The lowest BCUT2D eigenvalue weighted by Crippen LogP contribution is -2.06. The molecule has 0 spiro atoms. The molecule has 0 atom stereocenters. The Morgan fingerprint density at radius 3 is 2.76 bits per heavy atom. The van der Waals surface area contributed by atoms with Gasteiger partial charge < -0.3 is 15.0 Å². The van der Waals surface area contributed by atoms with Crippen molar-refractivity contribution < 1.29 is 4.74 Å². The summed E-state index contributed by atoms with van der Waals surface area (Å²) in [6.45, 7) is 0.813. The van der Waals surface area contributed by atoms with Crippen molar-refractivity contribution in [2.24, 2.45) is 0 Å². The molecule has 0 aliphatic heterocycles. The van der Waals surface area contributed by atoms with E-state index in [9.17, 15) is 0 Å². The number of hydrogen-bond acceptors (Lipinski definition) is 5. The Labute approximate surface area is 99.5 Å². The fourth-order valence-electron chi connectivity index (χ4n) is 1.40. The molecular formula is C11H15N5O. The van der Waals surface area contributed by atoms with E-state index in [1.54, 1.807) is 25.7 Å². The standard InChI is InChI=1S/C11H15N5O/c1-17-9-7-15-11(16-8-9)14-4-2-3-10-12-5-6-13-10/h5-8H,2-4H2,1H3,(H,12,13)(H,14,15,16). The Morgan fingerprint density at radius 1 is 1.29 bits per heavy atom. The number of H-pyrrole nitrogens is 1. The van der Waals surface area contributed by atoms with Crippen LogP contribution in [0.15, 0.2) is 24.8 Å². The number of rotatable bonds is 6. The fraction of sp³-hybridized carbons (Fsp3) is 0.364. The monoisotopic (exact) mass is 233 g/mol. The Bertz CT molecular complexity index is 426. The van der Waals surface area contributed by atoms with Gasteiger partial charge in [-0.2, -0.15) is 0 Å². The van der Waals surface area contributed by atoms with Crippen LogP contribution in [-0.2, 0) is 6.42 Å². The van der Waals surface area contributed by atoms with E-state index in [2.05, 4.69) is 25.3 Å². The summed E-state index contributed by atoms with van der Waals surface area (Å²) in [6.07, 6.45) is 8.76. The van der Waals surface area contributed by atoms with Crippen LogP contribution in [0, 0.1) is 0 Å². The van der Waals surface area contributed by atoms with Crippen LogP contribution in [0.4, 0.5) is 5.95 Å². The molecule has 0 unspecified atom stereocenters. The van der Waals surface area contributed by atoms with Crippen molar-refractivity contribution in [3.63, 3.8) is 0 Å². The largest absolute Gasteiger partial charge is 0.494 e. The lowest BCUT2D eigenvalue weighted by Gasteiger charge is -2.04. The molecule has 2 aromatic rings. The average molecular weight is 233 g/mol.